The zero-order valence-corrected chi connectivity index (χ0v) is 9.39. The largest absolute Gasteiger partial charge is 0.496 e. The molecular formula is C13H13FO3. The lowest BCUT2D eigenvalue weighted by molar-refractivity contribution is 0.161. The molecule has 1 N–H and O–H groups in total. The van der Waals surface area contributed by atoms with Crippen LogP contribution in [-0.2, 0) is 6.42 Å². The number of halogens is 1. The van der Waals surface area contributed by atoms with Crippen LogP contribution in [0.1, 0.15) is 17.4 Å². The number of methoxy groups -OCH3 is 1. The smallest absolute Gasteiger partial charge is 0.132 e. The number of hydrogen-bond acceptors (Lipinski definition) is 3. The summed E-state index contributed by atoms with van der Waals surface area (Å²) in [6, 6.07) is 7.90. The van der Waals surface area contributed by atoms with E-state index >= 15 is 0 Å². The molecule has 0 saturated heterocycles. The number of ether oxygens (including phenoxy) is 1. The highest BCUT2D eigenvalue weighted by molar-refractivity contribution is 5.36. The second-order valence-corrected chi connectivity index (χ2v) is 3.66. The second-order valence-electron chi connectivity index (χ2n) is 3.66. The zero-order valence-electron chi connectivity index (χ0n) is 9.39. The van der Waals surface area contributed by atoms with Gasteiger partial charge in [-0.2, -0.15) is 0 Å². The number of aliphatic hydroxyl groups is 1. The lowest BCUT2D eigenvalue weighted by Crippen LogP contribution is -2.06. The predicted octanol–water partition coefficient (Wildman–Crippen LogP) is 2.70. The Morgan fingerprint density at radius 2 is 2.18 bits per heavy atom. The van der Waals surface area contributed by atoms with Crippen LogP contribution in [0.2, 0.25) is 0 Å². The highest BCUT2D eigenvalue weighted by atomic mass is 19.1. The summed E-state index contributed by atoms with van der Waals surface area (Å²) in [4.78, 5) is 0. The molecule has 1 atom stereocenters. The molecule has 90 valence electrons. The van der Waals surface area contributed by atoms with Crippen molar-refractivity contribution in [3.8, 4) is 5.75 Å². The van der Waals surface area contributed by atoms with E-state index < -0.39 is 11.9 Å². The van der Waals surface area contributed by atoms with Crippen molar-refractivity contribution < 1.29 is 18.7 Å². The minimum absolute atomic E-state index is 0.159. The number of benzene rings is 1. The van der Waals surface area contributed by atoms with E-state index in [0.717, 1.165) is 0 Å². The van der Waals surface area contributed by atoms with E-state index in [1.165, 1.54) is 25.5 Å². The third-order valence-electron chi connectivity index (χ3n) is 2.54. The van der Waals surface area contributed by atoms with Crippen molar-refractivity contribution in [3.05, 3.63) is 53.7 Å². The summed E-state index contributed by atoms with van der Waals surface area (Å²) in [5, 5.41) is 10.0. The van der Waals surface area contributed by atoms with Crippen LogP contribution in [0.15, 0.2) is 41.0 Å². The minimum Gasteiger partial charge on any atom is -0.496 e. The highest BCUT2D eigenvalue weighted by Gasteiger charge is 2.19. The zero-order chi connectivity index (χ0) is 12.3. The molecule has 0 amide bonds. The molecule has 3 nitrogen and oxygen atoms in total. The molecular weight excluding hydrogens is 223 g/mol. The lowest BCUT2D eigenvalue weighted by atomic mass is 10.0. The Labute approximate surface area is 98.5 Å². The molecule has 0 bridgehead atoms. The van der Waals surface area contributed by atoms with E-state index in [1.807, 2.05) is 0 Å². The van der Waals surface area contributed by atoms with Crippen molar-refractivity contribution in [2.24, 2.45) is 0 Å². The van der Waals surface area contributed by atoms with Gasteiger partial charge < -0.3 is 14.3 Å². The molecule has 0 spiro atoms. The van der Waals surface area contributed by atoms with Gasteiger partial charge in [0.25, 0.3) is 0 Å². The van der Waals surface area contributed by atoms with Gasteiger partial charge in [0.05, 0.1) is 25.0 Å². The fourth-order valence-electron chi connectivity index (χ4n) is 1.74. The van der Waals surface area contributed by atoms with E-state index in [9.17, 15) is 9.50 Å². The minimum atomic E-state index is -0.989. The summed E-state index contributed by atoms with van der Waals surface area (Å²) >= 11 is 0. The Kier molecular flexibility index (Phi) is 3.44. The number of hydrogen-bond donors (Lipinski definition) is 1. The van der Waals surface area contributed by atoms with E-state index in [0.29, 0.717) is 11.5 Å². The lowest BCUT2D eigenvalue weighted by Gasteiger charge is -2.14. The first-order valence-electron chi connectivity index (χ1n) is 5.25. The first-order valence-corrected chi connectivity index (χ1v) is 5.25. The van der Waals surface area contributed by atoms with Gasteiger partial charge in [-0.25, -0.2) is 4.39 Å². The van der Waals surface area contributed by atoms with Crippen molar-refractivity contribution in [1.29, 1.82) is 0 Å². The molecule has 17 heavy (non-hydrogen) atoms. The van der Waals surface area contributed by atoms with Crippen molar-refractivity contribution in [3.63, 3.8) is 0 Å². The standard InChI is InChI=1S/C13H13FO3/c1-16-12-6-2-5-10(14)13(12)11(15)8-9-4-3-7-17-9/h2-7,11,15H,8H2,1H3. The summed E-state index contributed by atoms with van der Waals surface area (Å²) < 4.78 is 23.8. The van der Waals surface area contributed by atoms with Gasteiger partial charge in [0.2, 0.25) is 0 Å². The van der Waals surface area contributed by atoms with Crippen LogP contribution in [0.25, 0.3) is 0 Å². The Hall–Kier alpha value is -1.81. The van der Waals surface area contributed by atoms with Gasteiger partial charge in [0.1, 0.15) is 17.3 Å². The molecule has 2 rings (SSSR count). The molecule has 0 radical (unpaired) electrons. The number of aliphatic hydroxyl groups excluding tert-OH is 1. The number of furan rings is 1. The van der Waals surface area contributed by atoms with Gasteiger partial charge in [-0.15, -0.1) is 0 Å². The average molecular weight is 236 g/mol. The van der Waals surface area contributed by atoms with Gasteiger partial charge in [0, 0.05) is 6.42 Å². The SMILES string of the molecule is COc1cccc(F)c1C(O)Cc1ccco1. The van der Waals surface area contributed by atoms with E-state index in [2.05, 4.69) is 0 Å². The Balaban J connectivity index is 2.26. The fraction of sp³-hybridized carbons (Fsp3) is 0.231. The maximum absolute atomic E-state index is 13.6. The van der Waals surface area contributed by atoms with Crippen molar-refractivity contribution in [1.82, 2.24) is 0 Å². The van der Waals surface area contributed by atoms with Crippen LogP contribution in [0.4, 0.5) is 4.39 Å². The van der Waals surface area contributed by atoms with Crippen LogP contribution < -0.4 is 4.74 Å². The Morgan fingerprint density at radius 1 is 1.35 bits per heavy atom. The van der Waals surface area contributed by atoms with Crippen molar-refractivity contribution >= 4 is 0 Å². The molecule has 2 aromatic rings. The van der Waals surface area contributed by atoms with Crippen LogP contribution >= 0.6 is 0 Å². The summed E-state index contributed by atoms with van der Waals surface area (Å²) in [7, 11) is 1.44. The normalized spacial score (nSPS) is 12.4. The molecule has 0 aliphatic heterocycles. The molecule has 1 aromatic heterocycles. The fourth-order valence-corrected chi connectivity index (χ4v) is 1.74. The summed E-state index contributed by atoms with van der Waals surface area (Å²) in [6.45, 7) is 0. The quantitative estimate of drug-likeness (QED) is 0.887. The van der Waals surface area contributed by atoms with E-state index in [-0.39, 0.29) is 12.0 Å². The average Bonchev–Trinajstić information content (AvgIpc) is 2.81. The molecule has 0 fully saturated rings. The van der Waals surface area contributed by atoms with Gasteiger partial charge in [-0.3, -0.25) is 0 Å². The second kappa shape index (κ2) is 5.01. The van der Waals surface area contributed by atoms with Gasteiger partial charge in [-0.1, -0.05) is 6.07 Å². The molecule has 1 unspecified atom stereocenters. The highest BCUT2D eigenvalue weighted by Crippen LogP contribution is 2.29. The van der Waals surface area contributed by atoms with Crippen LogP contribution in [-0.4, -0.2) is 12.2 Å². The van der Waals surface area contributed by atoms with Gasteiger partial charge in [0.15, 0.2) is 0 Å². The van der Waals surface area contributed by atoms with Crippen molar-refractivity contribution in [2.45, 2.75) is 12.5 Å². The Bertz CT molecular complexity index is 479. The first-order chi connectivity index (χ1) is 8.22. The van der Waals surface area contributed by atoms with Crippen LogP contribution in [0, 0.1) is 5.82 Å². The van der Waals surface area contributed by atoms with Gasteiger partial charge in [-0.05, 0) is 24.3 Å². The summed E-state index contributed by atoms with van der Waals surface area (Å²) in [5.41, 5.74) is 0.159. The molecule has 1 aromatic carbocycles. The van der Waals surface area contributed by atoms with Crippen LogP contribution in [0.3, 0.4) is 0 Å². The third-order valence-corrected chi connectivity index (χ3v) is 2.54. The predicted molar refractivity (Wildman–Crippen MR) is 60.3 cm³/mol. The Morgan fingerprint density at radius 3 is 2.82 bits per heavy atom. The van der Waals surface area contributed by atoms with Crippen LogP contribution in [0.5, 0.6) is 5.75 Å². The molecule has 0 aliphatic rings. The molecule has 4 heteroatoms. The maximum Gasteiger partial charge on any atom is 0.132 e. The first kappa shape index (κ1) is 11.7. The van der Waals surface area contributed by atoms with Crippen molar-refractivity contribution in [2.75, 3.05) is 7.11 Å². The van der Waals surface area contributed by atoms with E-state index in [4.69, 9.17) is 9.15 Å². The van der Waals surface area contributed by atoms with Gasteiger partial charge >= 0.3 is 0 Å². The molecule has 0 aliphatic carbocycles. The summed E-state index contributed by atoms with van der Waals surface area (Å²) in [5.74, 6) is 0.454. The third kappa shape index (κ3) is 2.47. The maximum atomic E-state index is 13.6. The molecule has 1 heterocycles. The molecule has 0 saturated carbocycles. The number of rotatable bonds is 4. The summed E-state index contributed by atoms with van der Waals surface area (Å²) in [6.07, 6.45) is 0.739. The monoisotopic (exact) mass is 236 g/mol. The topological polar surface area (TPSA) is 42.6 Å². The van der Waals surface area contributed by atoms with E-state index in [1.54, 1.807) is 18.2 Å².